The molecule has 1 aliphatic carbocycles. The maximum atomic E-state index is 13.0. The van der Waals surface area contributed by atoms with E-state index >= 15 is 0 Å². The standard InChI is InChI=1S/C18H16BrF3N2O3S/c1-10-2-6-13(28(26,27)24-11-3-4-11)9-14(10)17(25)23-12-5-7-16(19)15(8-12)18(20,21)22/h2,5-9,11,24H,3-4H2,1H3,(H,23,25). The van der Waals surface area contributed by atoms with Crippen LogP contribution in [0, 0.1) is 6.92 Å². The van der Waals surface area contributed by atoms with E-state index < -0.39 is 27.7 Å². The van der Waals surface area contributed by atoms with Gasteiger partial charge in [0, 0.05) is 21.8 Å². The van der Waals surface area contributed by atoms with Crippen LogP contribution >= 0.6 is 15.9 Å². The van der Waals surface area contributed by atoms with E-state index in [9.17, 15) is 26.4 Å². The van der Waals surface area contributed by atoms with Gasteiger partial charge in [-0.15, -0.1) is 0 Å². The highest BCUT2D eigenvalue weighted by molar-refractivity contribution is 9.10. The largest absolute Gasteiger partial charge is 0.417 e. The summed E-state index contributed by atoms with van der Waals surface area (Å²) in [6.45, 7) is 1.61. The highest BCUT2D eigenvalue weighted by atomic mass is 79.9. The first-order valence-corrected chi connectivity index (χ1v) is 10.6. The number of amides is 1. The van der Waals surface area contributed by atoms with E-state index in [1.54, 1.807) is 6.92 Å². The van der Waals surface area contributed by atoms with Crippen molar-refractivity contribution in [3.63, 3.8) is 0 Å². The number of hydrogen-bond donors (Lipinski definition) is 2. The molecule has 0 spiro atoms. The fourth-order valence-electron chi connectivity index (χ4n) is 2.52. The fourth-order valence-corrected chi connectivity index (χ4v) is 4.32. The Labute approximate surface area is 168 Å². The lowest BCUT2D eigenvalue weighted by Gasteiger charge is -2.13. The molecule has 0 heterocycles. The lowest BCUT2D eigenvalue weighted by molar-refractivity contribution is -0.138. The van der Waals surface area contributed by atoms with E-state index in [1.165, 1.54) is 30.3 Å². The van der Waals surface area contributed by atoms with E-state index in [4.69, 9.17) is 0 Å². The molecule has 28 heavy (non-hydrogen) atoms. The number of benzene rings is 2. The minimum absolute atomic E-state index is 0.0516. The molecular formula is C18H16BrF3N2O3S. The van der Waals surface area contributed by atoms with Gasteiger partial charge in [-0.3, -0.25) is 4.79 Å². The van der Waals surface area contributed by atoms with Crippen molar-refractivity contribution in [2.24, 2.45) is 0 Å². The zero-order chi connectivity index (χ0) is 20.7. The number of alkyl halides is 3. The average Bonchev–Trinajstić information content (AvgIpc) is 3.39. The van der Waals surface area contributed by atoms with Crippen molar-refractivity contribution < 1.29 is 26.4 Å². The summed E-state index contributed by atoms with van der Waals surface area (Å²) in [5.41, 5.74) is -0.414. The van der Waals surface area contributed by atoms with Crippen molar-refractivity contribution in [3.05, 3.63) is 57.6 Å². The van der Waals surface area contributed by atoms with Crippen LogP contribution in [0.2, 0.25) is 0 Å². The second-order valence-electron chi connectivity index (χ2n) is 6.52. The Morgan fingerprint density at radius 3 is 2.43 bits per heavy atom. The molecule has 1 fully saturated rings. The Balaban J connectivity index is 1.88. The molecule has 0 saturated heterocycles. The summed E-state index contributed by atoms with van der Waals surface area (Å²) in [4.78, 5) is 12.5. The quantitative estimate of drug-likeness (QED) is 0.668. The van der Waals surface area contributed by atoms with E-state index in [-0.39, 0.29) is 26.7 Å². The maximum Gasteiger partial charge on any atom is 0.417 e. The summed E-state index contributed by atoms with van der Waals surface area (Å²) in [6.07, 6.45) is -3.05. The number of hydrogen-bond acceptors (Lipinski definition) is 3. The first-order chi connectivity index (χ1) is 13.0. The van der Waals surface area contributed by atoms with Crippen LogP contribution in [-0.2, 0) is 16.2 Å². The van der Waals surface area contributed by atoms with Crippen LogP contribution < -0.4 is 10.0 Å². The Morgan fingerprint density at radius 2 is 1.82 bits per heavy atom. The maximum absolute atomic E-state index is 13.0. The molecule has 1 saturated carbocycles. The Kier molecular flexibility index (Phi) is 5.57. The molecule has 2 aromatic carbocycles. The molecule has 1 amide bonds. The molecule has 3 rings (SSSR count). The SMILES string of the molecule is Cc1ccc(S(=O)(=O)NC2CC2)cc1C(=O)Nc1ccc(Br)c(C(F)(F)F)c1. The summed E-state index contributed by atoms with van der Waals surface area (Å²) in [7, 11) is -3.76. The number of carbonyl (C=O) groups is 1. The van der Waals surface area contributed by atoms with Gasteiger partial charge in [0.1, 0.15) is 0 Å². The fraction of sp³-hybridized carbons (Fsp3) is 0.278. The molecule has 1 aliphatic rings. The monoisotopic (exact) mass is 476 g/mol. The number of carbonyl (C=O) groups excluding carboxylic acids is 1. The number of sulfonamides is 1. The summed E-state index contributed by atoms with van der Waals surface area (Å²) < 4.78 is 66.2. The van der Waals surface area contributed by atoms with Crippen molar-refractivity contribution in [2.75, 3.05) is 5.32 Å². The van der Waals surface area contributed by atoms with Crippen LogP contribution in [0.25, 0.3) is 0 Å². The molecule has 0 radical (unpaired) electrons. The third kappa shape index (κ3) is 4.73. The van der Waals surface area contributed by atoms with Crippen molar-refractivity contribution >= 4 is 37.5 Å². The zero-order valence-corrected chi connectivity index (χ0v) is 17.0. The van der Waals surface area contributed by atoms with Gasteiger partial charge < -0.3 is 5.32 Å². The highest BCUT2D eigenvalue weighted by Gasteiger charge is 2.33. The van der Waals surface area contributed by atoms with Crippen LogP contribution in [0.3, 0.4) is 0 Å². The van der Waals surface area contributed by atoms with Gasteiger partial charge in [-0.1, -0.05) is 22.0 Å². The summed E-state index contributed by atoms with van der Waals surface area (Å²) >= 11 is 2.84. The first kappa shape index (κ1) is 20.8. The minimum atomic E-state index is -4.59. The average molecular weight is 477 g/mol. The van der Waals surface area contributed by atoms with Crippen molar-refractivity contribution in [3.8, 4) is 0 Å². The normalized spacial score (nSPS) is 14.8. The molecule has 0 aliphatic heterocycles. The van der Waals surface area contributed by atoms with Crippen molar-refractivity contribution in [2.45, 2.75) is 36.9 Å². The molecular weight excluding hydrogens is 461 g/mol. The molecule has 5 nitrogen and oxygen atoms in total. The second kappa shape index (κ2) is 7.49. The minimum Gasteiger partial charge on any atom is -0.322 e. The van der Waals surface area contributed by atoms with E-state index in [0.29, 0.717) is 5.56 Å². The summed E-state index contributed by atoms with van der Waals surface area (Å²) in [5, 5.41) is 2.40. The van der Waals surface area contributed by atoms with E-state index in [1.807, 2.05) is 0 Å². The highest BCUT2D eigenvalue weighted by Crippen LogP contribution is 2.36. The van der Waals surface area contributed by atoms with Crippen molar-refractivity contribution in [1.82, 2.24) is 4.72 Å². The predicted molar refractivity (Wildman–Crippen MR) is 102 cm³/mol. The Morgan fingerprint density at radius 1 is 1.14 bits per heavy atom. The molecule has 2 N–H and O–H groups in total. The number of rotatable bonds is 5. The lowest BCUT2D eigenvalue weighted by atomic mass is 10.1. The molecule has 0 bridgehead atoms. The summed E-state index contributed by atoms with van der Waals surface area (Å²) in [5.74, 6) is -0.698. The van der Waals surface area contributed by atoms with Crippen LogP contribution in [0.4, 0.5) is 18.9 Å². The van der Waals surface area contributed by atoms with Gasteiger partial charge in [-0.25, -0.2) is 13.1 Å². The number of anilines is 1. The van der Waals surface area contributed by atoms with Crippen LogP contribution in [0.15, 0.2) is 45.8 Å². The van der Waals surface area contributed by atoms with E-state index in [0.717, 1.165) is 18.9 Å². The van der Waals surface area contributed by atoms with E-state index in [2.05, 4.69) is 26.0 Å². The zero-order valence-electron chi connectivity index (χ0n) is 14.6. The second-order valence-corrected chi connectivity index (χ2v) is 9.09. The Bertz CT molecular complexity index is 1030. The first-order valence-electron chi connectivity index (χ1n) is 8.28. The summed E-state index contributed by atoms with van der Waals surface area (Å²) in [6, 6.07) is 7.32. The lowest BCUT2D eigenvalue weighted by Crippen LogP contribution is -2.26. The molecule has 0 aromatic heterocycles. The topological polar surface area (TPSA) is 75.3 Å². The van der Waals surface area contributed by atoms with Crippen LogP contribution in [0.1, 0.15) is 34.3 Å². The number of aryl methyl sites for hydroxylation is 1. The van der Waals surface area contributed by atoms with Crippen molar-refractivity contribution in [1.29, 1.82) is 0 Å². The Hall–Kier alpha value is -1.91. The molecule has 10 heteroatoms. The third-order valence-electron chi connectivity index (χ3n) is 4.19. The molecule has 0 atom stereocenters. The number of halogens is 4. The van der Waals surface area contributed by atoms with Gasteiger partial charge in [0.25, 0.3) is 5.91 Å². The van der Waals surface area contributed by atoms with Gasteiger partial charge in [0.15, 0.2) is 0 Å². The number of nitrogens with one attached hydrogen (secondary N) is 2. The molecule has 2 aromatic rings. The predicted octanol–water partition coefficient (Wildman–Crippen LogP) is 4.47. The third-order valence-corrected chi connectivity index (χ3v) is 6.40. The van der Waals surface area contributed by atoms with Gasteiger partial charge >= 0.3 is 6.18 Å². The van der Waals surface area contributed by atoms with Crippen LogP contribution in [0.5, 0.6) is 0 Å². The van der Waals surface area contributed by atoms with Crippen LogP contribution in [-0.4, -0.2) is 20.4 Å². The molecule has 150 valence electrons. The van der Waals surface area contributed by atoms with Gasteiger partial charge in [0.2, 0.25) is 10.0 Å². The smallest absolute Gasteiger partial charge is 0.322 e. The van der Waals surface area contributed by atoms with Gasteiger partial charge in [0.05, 0.1) is 10.5 Å². The van der Waals surface area contributed by atoms with Gasteiger partial charge in [-0.05, 0) is 55.7 Å². The van der Waals surface area contributed by atoms with Gasteiger partial charge in [-0.2, -0.15) is 13.2 Å². The molecule has 0 unspecified atom stereocenters.